The van der Waals surface area contributed by atoms with Gasteiger partial charge >= 0.3 is 0 Å². The van der Waals surface area contributed by atoms with Crippen molar-refractivity contribution in [1.29, 1.82) is 15.8 Å². The second kappa shape index (κ2) is 5.41. The van der Waals surface area contributed by atoms with Crippen molar-refractivity contribution in [2.24, 2.45) is 0 Å². The van der Waals surface area contributed by atoms with Gasteiger partial charge in [-0.3, -0.25) is 0 Å². The Labute approximate surface area is 97.6 Å². The van der Waals surface area contributed by atoms with Crippen molar-refractivity contribution in [1.82, 2.24) is 0 Å². The van der Waals surface area contributed by atoms with Gasteiger partial charge in [-0.25, -0.2) is 0 Å². The number of hydrogen-bond acceptors (Lipinski definition) is 4. The molecule has 0 saturated heterocycles. The molecule has 0 aliphatic heterocycles. The van der Waals surface area contributed by atoms with E-state index < -0.39 is 0 Å². The molecule has 76 valence electrons. The monoisotopic (exact) mass is 228 g/mol. The predicted octanol–water partition coefficient (Wildman–Crippen LogP) is 2.58. The Hall–Kier alpha value is -2.48. The van der Waals surface area contributed by atoms with Gasteiger partial charge in [0.05, 0.1) is 0 Å². The van der Waals surface area contributed by atoms with Gasteiger partial charge in [-0.1, -0.05) is 17.7 Å². The van der Waals surface area contributed by atoms with Gasteiger partial charge < -0.3 is 5.32 Å². The Kier molecular flexibility index (Phi) is 3.92. The lowest BCUT2D eigenvalue weighted by Crippen LogP contribution is -2.00. The van der Waals surface area contributed by atoms with E-state index in [0.717, 1.165) is 0 Å². The molecule has 0 fully saturated rings. The molecule has 0 unspecified atom stereocenters. The van der Waals surface area contributed by atoms with Crippen LogP contribution in [0.15, 0.2) is 35.5 Å². The average molecular weight is 229 g/mol. The van der Waals surface area contributed by atoms with Crippen molar-refractivity contribution in [3.8, 4) is 18.2 Å². The number of nitrogens with zero attached hydrogens (tertiary/aromatic N) is 3. The molecule has 0 amide bonds. The van der Waals surface area contributed by atoms with Crippen LogP contribution >= 0.6 is 11.6 Å². The van der Waals surface area contributed by atoms with Gasteiger partial charge in [0.25, 0.3) is 0 Å². The number of hydrogen-bond donors (Lipinski definition) is 1. The molecule has 0 spiro atoms. The van der Waals surface area contributed by atoms with Gasteiger partial charge in [-0.15, -0.1) is 0 Å². The summed E-state index contributed by atoms with van der Waals surface area (Å²) in [5.41, 5.74) is 0.196. The molecular formula is C11H5ClN4. The predicted molar refractivity (Wildman–Crippen MR) is 58.9 cm³/mol. The van der Waals surface area contributed by atoms with Gasteiger partial charge in [0.2, 0.25) is 0 Å². The van der Waals surface area contributed by atoms with Crippen LogP contribution in [0.25, 0.3) is 0 Å². The molecule has 0 aromatic heterocycles. The molecular weight excluding hydrogens is 224 g/mol. The van der Waals surface area contributed by atoms with Gasteiger partial charge in [-0.2, -0.15) is 15.8 Å². The topological polar surface area (TPSA) is 83.4 Å². The Morgan fingerprint density at radius 2 is 1.81 bits per heavy atom. The summed E-state index contributed by atoms with van der Waals surface area (Å²) in [6.07, 6.45) is 0. The highest BCUT2D eigenvalue weighted by Crippen LogP contribution is 2.17. The van der Waals surface area contributed by atoms with E-state index in [-0.39, 0.29) is 11.3 Å². The molecule has 0 heterocycles. The first-order valence-electron chi connectivity index (χ1n) is 4.18. The number of anilines is 1. The first-order valence-corrected chi connectivity index (χ1v) is 4.56. The van der Waals surface area contributed by atoms with E-state index in [1.807, 2.05) is 0 Å². The van der Waals surface area contributed by atoms with Crippen molar-refractivity contribution < 1.29 is 0 Å². The summed E-state index contributed by atoms with van der Waals surface area (Å²) < 4.78 is 0. The fraction of sp³-hybridized carbons (Fsp3) is 0. The second-order valence-corrected chi connectivity index (χ2v) is 3.16. The zero-order valence-electron chi connectivity index (χ0n) is 8.03. The summed E-state index contributed by atoms with van der Waals surface area (Å²) in [5.74, 6) is 0. The Morgan fingerprint density at radius 3 is 2.31 bits per heavy atom. The SMILES string of the molecule is N#CC(C#N)=C(C#N)Nc1cccc(Cl)c1. The van der Waals surface area contributed by atoms with Crippen LogP contribution in [-0.4, -0.2) is 0 Å². The van der Waals surface area contributed by atoms with E-state index in [1.54, 1.807) is 42.5 Å². The minimum atomic E-state index is -0.262. The van der Waals surface area contributed by atoms with Crippen LogP contribution in [0.2, 0.25) is 5.02 Å². The lowest BCUT2D eigenvalue weighted by Gasteiger charge is -2.04. The fourth-order valence-corrected chi connectivity index (χ4v) is 1.18. The van der Waals surface area contributed by atoms with Crippen LogP contribution in [0, 0.1) is 34.0 Å². The van der Waals surface area contributed by atoms with Crippen molar-refractivity contribution >= 4 is 17.3 Å². The van der Waals surface area contributed by atoms with E-state index >= 15 is 0 Å². The number of rotatable bonds is 2. The largest absolute Gasteiger partial charge is 0.345 e. The van der Waals surface area contributed by atoms with Crippen molar-refractivity contribution in [3.05, 3.63) is 40.6 Å². The molecule has 1 aromatic rings. The molecule has 0 aliphatic rings. The average Bonchev–Trinajstić information content (AvgIpc) is 2.29. The van der Waals surface area contributed by atoms with E-state index in [2.05, 4.69) is 5.32 Å². The molecule has 0 bridgehead atoms. The highest BCUT2D eigenvalue weighted by atomic mass is 35.5. The zero-order valence-corrected chi connectivity index (χ0v) is 8.78. The van der Waals surface area contributed by atoms with E-state index in [4.69, 9.17) is 27.4 Å². The third-order valence-corrected chi connectivity index (χ3v) is 1.91. The number of halogens is 1. The fourth-order valence-electron chi connectivity index (χ4n) is 0.994. The van der Waals surface area contributed by atoms with E-state index in [1.165, 1.54) is 0 Å². The number of nitrogens with one attached hydrogen (secondary N) is 1. The van der Waals surface area contributed by atoms with Crippen LogP contribution in [-0.2, 0) is 0 Å². The molecule has 0 aliphatic carbocycles. The molecule has 0 radical (unpaired) electrons. The standard InChI is InChI=1S/C11H5ClN4/c12-9-2-1-3-10(4-9)16-11(7-15)8(5-13)6-14/h1-4,16H. The van der Waals surface area contributed by atoms with Crippen molar-refractivity contribution in [2.45, 2.75) is 0 Å². The summed E-state index contributed by atoms with van der Waals surface area (Å²) in [5, 5.41) is 29.2. The van der Waals surface area contributed by atoms with Crippen LogP contribution in [0.4, 0.5) is 5.69 Å². The van der Waals surface area contributed by atoms with E-state index in [9.17, 15) is 0 Å². The maximum Gasteiger partial charge on any atom is 0.163 e. The summed E-state index contributed by atoms with van der Waals surface area (Å²) in [6.45, 7) is 0. The first kappa shape index (κ1) is 11.6. The molecule has 0 saturated carbocycles. The van der Waals surface area contributed by atoms with Gasteiger partial charge in [-0.05, 0) is 18.2 Å². The minimum Gasteiger partial charge on any atom is -0.345 e. The third-order valence-electron chi connectivity index (χ3n) is 1.68. The van der Waals surface area contributed by atoms with E-state index in [0.29, 0.717) is 10.7 Å². The van der Waals surface area contributed by atoms with Crippen LogP contribution in [0.1, 0.15) is 0 Å². The Balaban J connectivity index is 3.07. The highest BCUT2D eigenvalue weighted by Gasteiger charge is 2.05. The van der Waals surface area contributed by atoms with Crippen molar-refractivity contribution in [3.63, 3.8) is 0 Å². The third kappa shape index (κ3) is 2.75. The summed E-state index contributed by atoms with van der Waals surface area (Å²) in [7, 11) is 0. The molecule has 0 atom stereocenters. The second-order valence-electron chi connectivity index (χ2n) is 2.72. The molecule has 5 heteroatoms. The maximum atomic E-state index is 8.78. The van der Waals surface area contributed by atoms with Gasteiger partial charge in [0, 0.05) is 10.7 Å². The smallest absolute Gasteiger partial charge is 0.163 e. The lowest BCUT2D eigenvalue weighted by molar-refractivity contribution is 1.37. The molecule has 4 nitrogen and oxygen atoms in total. The minimum absolute atomic E-state index is 0.0905. The highest BCUT2D eigenvalue weighted by molar-refractivity contribution is 6.30. The molecule has 1 aromatic carbocycles. The number of benzene rings is 1. The summed E-state index contributed by atoms with van der Waals surface area (Å²) >= 11 is 5.75. The van der Waals surface area contributed by atoms with Crippen LogP contribution in [0.5, 0.6) is 0 Å². The molecule has 16 heavy (non-hydrogen) atoms. The zero-order chi connectivity index (χ0) is 12.0. The molecule has 1 N–H and O–H groups in total. The first-order chi connectivity index (χ1) is 7.71. The van der Waals surface area contributed by atoms with Gasteiger partial charge in [0.1, 0.15) is 23.9 Å². The number of allylic oxidation sites excluding steroid dienone is 2. The summed E-state index contributed by atoms with van der Waals surface area (Å²) in [6, 6.07) is 11.7. The maximum absolute atomic E-state index is 8.78. The Bertz CT molecular complexity index is 539. The quantitative estimate of drug-likeness (QED) is 0.789. The summed E-state index contributed by atoms with van der Waals surface area (Å²) in [4.78, 5) is 0. The molecule has 1 rings (SSSR count). The lowest BCUT2D eigenvalue weighted by atomic mass is 10.2. The van der Waals surface area contributed by atoms with Crippen molar-refractivity contribution in [2.75, 3.05) is 5.32 Å². The normalized spacial score (nSPS) is 8.12. The van der Waals surface area contributed by atoms with Gasteiger partial charge in [0.15, 0.2) is 5.57 Å². The van der Waals surface area contributed by atoms with Crippen LogP contribution < -0.4 is 5.32 Å². The number of nitriles is 3. The Morgan fingerprint density at radius 1 is 1.12 bits per heavy atom. The van der Waals surface area contributed by atoms with Crippen LogP contribution in [0.3, 0.4) is 0 Å².